The zero-order chi connectivity index (χ0) is 26.5. The van der Waals surface area contributed by atoms with Gasteiger partial charge in [-0.2, -0.15) is 0 Å². The van der Waals surface area contributed by atoms with Crippen molar-refractivity contribution in [3.05, 3.63) is 71.3 Å². The fourth-order valence-electron chi connectivity index (χ4n) is 4.54. The van der Waals surface area contributed by atoms with Gasteiger partial charge in [-0.05, 0) is 29.3 Å². The molecule has 2 amide bonds. The van der Waals surface area contributed by atoms with Crippen molar-refractivity contribution in [2.75, 3.05) is 40.9 Å². The first-order chi connectivity index (χ1) is 17.9. The number of carbonyl (C=O) groups excluding carboxylic acids is 2. The Morgan fingerprint density at radius 1 is 0.838 bits per heavy atom. The van der Waals surface area contributed by atoms with E-state index in [1.54, 1.807) is 49.5 Å². The predicted molar refractivity (Wildman–Crippen MR) is 138 cm³/mol. The topological polar surface area (TPSA) is 95.6 Å². The van der Waals surface area contributed by atoms with Gasteiger partial charge < -0.3 is 33.9 Å². The molecule has 1 aliphatic rings. The third-order valence-electron chi connectivity index (χ3n) is 6.35. The molecule has 1 aliphatic heterocycles. The molecule has 37 heavy (non-hydrogen) atoms. The van der Waals surface area contributed by atoms with E-state index in [0.717, 1.165) is 11.1 Å². The highest BCUT2D eigenvalue weighted by Crippen LogP contribution is 2.41. The molecular weight excluding hydrogens is 476 g/mol. The monoisotopic (exact) mass is 506 g/mol. The molecule has 1 atom stereocenters. The van der Waals surface area contributed by atoms with E-state index >= 15 is 0 Å². The van der Waals surface area contributed by atoms with Crippen molar-refractivity contribution >= 4 is 17.5 Å². The summed E-state index contributed by atoms with van der Waals surface area (Å²) in [5, 5.41) is 2.91. The summed E-state index contributed by atoms with van der Waals surface area (Å²) in [7, 11) is 7.63. The first kappa shape index (κ1) is 25.7. The summed E-state index contributed by atoms with van der Waals surface area (Å²) in [6.45, 7) is 0.394. The quantitative estimate of drug-likeness (QED) is 0.434. The summed E-state index contributed by atoms with van der Waals surface area (Å²) in [4.78, 5) is 28.4. The normalized spacial score (nSPS) is 13.0. The Hall–Kier alpha value is -4.40. The number of fused-ring (bicyclic) bond motifs is 1. The maximum atomic E-state index is 13.4. The standard InChI is InChI=1S/C28H30N2O7/c1-33-22-11-10-17(12-23(22)34-2)21(30-16-18-8-6-7-9-20(18)28(30)32)15-26(31)29-19-13-24(35-3)27(37-5)25(14-19)36-4/h6-14,21H,15-16H2,1-5H3,(H,29,31)/t21-/m0/s1. The minimum atomic E-state index is -0.554. The second kappa shape index (κ2) is 11.1. The molecule has 9 heteroatoms. The van der Waals surface area contributed by atoms with Crippen molar-refractivity contribution in [2.24, 2.45) is 0 Å². The van der Waals surface area contributed by atoms with Gasteiger partial charge in [-0.25, -0.2) is 0 Å². The Morgan fingerprint density at radius 2 is 1.49 bits per heavy atom. The molecule has 1 N–H and O–H groups in total. The van der Waals surface area contributed by atoms with Crippen molar-refractivity contribution in [1.29, 1.82) is 0 Å². The van der Waals surface area contributed by atoms with Crippen LogP contribution in [0, 0.1) is 0 Å². The van der Waals surface area contributed by atoms with Gasteiger partial charge in [-0.1, -0.05) is 24.3 Å². The van der Waals surface area contributed by atoms with E-state index in [4.69, 9.17) is 23.7 Å². The third kappa shape index (κ3) is 5.11. The molecule has 0 bridgehead atoms. The average molecular weight is 507 g/mol. The molecule has 0 fully saturated rings. The summed E-state index contributed by atoms with van der Waals surface area (Å²) >= 11 is 0. The van der Waals surface area contributed by atoms with Crippen LogP contribution in [0.15, 0.2) is 54.6 Å². The molecule has 0 aromatic heterocycles. The van der Waals surface area contributed by atoms with Crippen LogP contribution in [0.3, 0.4) is 0 Å². The number of methoxy groups -OCH3 is 5. The molecule has 3 aromatic rings. The van der Waals surface area contributed by atoms with Crippen molar-refractivity contribution in [1.82, 2.24) is 4.90 Å². The number of carbonyl (C=O) groups is 2. The number of anilines is 1. The van der Waals surface area contributed by atoms with Gasteiger partial charge in [-0.3, -0.25) is 9.59 Å². The zero-order valence-corrected chi connectivity index (χ0v) is 21.5. The highest BCUT2D eigenvalue weighted by atomic mass is 16.5. The number of nitrogens with zero attached hydrogens (tertiary/aromatic N) is 1. The fourth-order valence-corrected chi connectivity index (χ4v) is 4.54. The molecule has 0 unspecified atom stereocenters. The Morgan fingerprint density at radius 3 is 2.08 bits per heavy atom. The summed E-state index contributed by atoms with van der Waals surface area (Å²) in [6, 6.07) is 15.6. The molecule has 0 radical (unpaired) electrons. The van der Waals surface area contributed by atoms with E-state index < -0.39 is 6.04 Å². The maximum absolute atomic E-state index is 13.4. The lowest BCUT2D eigenvalue weighted by atomic mass is 10.0. The predicted octanol–water partition coefficient (Wildman–Crippen LogP) is 4.46. The van der Waals surface area contributed by atoms with Crippen LogP contribution >= 0.6 is 0 Å². The van der Waals surface area contributed by atoms with Crippen LogP contribution in [0.2, 0.25) is 0 Å². The molecule has 0 aliphatic carbocycles. The van der Waals surface area contributed by atoms with Gasteiger partial charge in [0.25, 0.3) is 5.91 Å². The molecule has 1 heterocycles. The van der Waals surface area contributed by atoms with Gasteiger partial charge in [0.2, 0.25) is 11.7 Å². The van der Waals surface area contributed by atoms with Crippen LogP contribution < -0.4 is 29.0 Å². The smallest absolute Gasteiger partial charge is 0.255 e. The van der Waals surface area contributed by atoms with E-state index in [1.165, 1.54) is 21.3 Å². The molecule has 3 aromatic carbocycles. The number of ether oxygens (including phenoxy) is 5. The number of amides is 2. The first-order valence-electron chi connectivity index (χ1n) is 11.6. The van der Waals surface area contributed by atoms with Crippen LogP contribution in [-0.2, 0) is 11.3 Å². The minimum Gasteiger partial charge on any atom is -0.493 e. The summed E-state index contributed by atoms with van der Waals surface area (Å²) in [5.41, 5.74) is 2.78. The van der Waals surface area contributed by atoms with Crippen molar-refractivity contribution < 1.29 is 33.3 Å². The first-order valence-corrected chi connectivity index (χ1v) is 11.6. The van der Waals surface area contributed by atoms with Crippen LogP contribution in [0.5, 0.6) is 28.7 Å². The van der Waals surface area contributed by atoms with Gasteiger partial charge >= 0.3 is 0 Å². The zero-order valence-electron chi connectivity index (χ0n) is 21.5. The Bertz CT molecular complexity index is 1280. The molecule has 9 nitrogen and oxygen atoms in total. The molecule has 4 rings (SSSR count). The summed E-state index contributed by atoms with van der Waals surface area (Å²) in [6.07, 6.45) is 0.00583. The number of nitrogens with one attached hydrogen (secondary N) is 1. The summed E-state index contributed by atoms with van der Waals surface area (Å²) in [5.74, 6) is 1.90. The second-order valence-corrected chi connectivity index (χ2v) is 8.39. The van der Waals surface area contributed by atoms with Crippen LogP contribution in [0.4, 0.5) is 5.69 Å². The van der Waals surface area contributed by atoms with Gasteiger partial charge in [0.1, 0.15) is 0 Å². The van der Waals surface area contributed by atoms with Crippen LogP contribution in [-0.4, -0.2) is 52.3 Å². The minimum absolute atomic E-state index is 0.00583. The lowest BCUT2D eigenvalue weighted by Crippen LogP contribution is -2.32. The van der Waals surface area contributed by atoms with Crippen LogP contribution in [0.1, 0.15) is 33.9 Å². The maximum Gasteiger partial charge on any atom is 0.255 e. The fraction of sp³-hybridized carbons (Fsp3) is 0.286. The van der Waals surface area contributed by atoms with E-state index in [2.05, 4.69) is 5.32 Å². The lowest BCUT2D eigenvalue weighted by Gasteiger charge is -2.28. The van der Waals surface area contributed by atoms with Gasteiger partial charge in [0.05, 0.1) is 48.0 Å². The van der Waals surface area contributed by atoms with Crippen molar-refractivity contribution in [2.45, 2.75) is 19.0 Å². The SMILES string of the molecule is COc1ccc([C@H](CC(=O)Nc2cc(OC)c(OC)c(OC)c2)N2Cc3ccccc3C2=O)cc1OC. The van der Waals surface area contributed by atoms with E-state index in [0.29, 0.717) is 46.5 Å². The Labute approximate surface area is 215 Å². The number of rotatable bonds is 10. The van der Waals surface area contributed by atoms with E-state index in [-0.39, 0.29) is 18.2 Å². The molecular formula is C28H30N2O7. The van der Waals surface area contributed by atoms with Crippen LogP contribution in [0.25, 0.3) is 0 Å². The number of hydrogen-bond acceptors (Lipinski definition) is 7. The number of hydrogen-bond donors (Lipinski definition) is 1. The largest absolute Gasteiger partial charge is 0.493 e. The Balaban J connectivity index is 1.66. The average Bonchev–Trinajstić information content (AvgIpc) is 3.26. The molecule has 0 saturated heterocycles. The van der Waals surface area contributed by atoms with E-state index in [1.807, 2.05) is 24.3 Å². The molecule has 0 spiro atoms. The third-order valence-corrected chi connectivity index (χ3v) is 6.35. The number of benzene rings is 3. The molecule has 0 saturated carbocycles. The van der Waals surface area contributed by atoms with Gasteiger partial charge in [0.15, 0.2) is 23.0 Å². The highest BCUT2D eigenvalue weighted by Gasteiger charge is 2.35. The van der Waals surface area contributed by atoms with Crippen molar-refractivity contribution in [3.8, 4) is 28.7 Å². The summed E-state index contributed by atoms with van der Waals surface area (Å²) < 4.78 is 27.0. The van der Waals surface area contributed by atoms with E-state index in [9.17, 15) is 9.59 Å². The lowest BCUT2D eigenvalue weighted by molar-refractivity contribution is -0.117. The molecule has 194 valence electrons. The second-order valence-electron chi connectivity index (χ2n) is 8.39. The Kier molecular flexibility index (Phi) is 7.71. The van der Waals surface area contributed by atoms with Crippen molar-refractivity contribution in [3.63, 3.8) is 0 Å². The highest BCUT2D eigenvalue weighted by molar-refractivity contribution is 5.99. The van der Waals surface area contributed by atoms with Gasteiger partial charge in [-0.15, -0.1) is 0 Å². The van der Waals surface area contributed by atoms with Gasteiger partial charge in [0, 0.05) is 29.9 Å².